The molecule has 130 valence electrons. The van der Waals surface area contributed by atoms with Gasteiger partial charge in [-0.1, -0.05) is 62.0 Å². The van der Waals surface area contributed by atoms with Gasteiger partial charge in [0.2, 0.25) is 0 Å². The molecular weight excluding hydrogens is 328 g/mol. The molecule has 1 heterocycles. The van der Waals surface area contributed by atoms with E-state index in [1.807, 2.05) is 35.7 Å². The summed E-state index contributed by atoms with van der Waals surface area (Å²) in [6.07, 6.45) is 6.65. The van der Waals surface area contributed by atoms with E-state index >= 15 is 0 Å². The highest BCUT2D eigenvalue weighted by Gasteiger charge is 2.25. The number of hydrogen-bond acceptors (Lipinski definition) is 4. The summed E-state index contributed by atoms with van der Waals surface area (Å²) in [6.45, 7) is 3.79. The fourth-order valence-electron chi connectivity index (χ4n) is 2.90. The van der Waals surface area contributed by atoms with E-state index in [2.05, 4.69) is 53.4 Å². The Balaban J connectivity index is 1.68. The van der Waals surface area contributed by atoms with Gasteiger partial charge < -0.3 is 14.5 Å². The molecule has 0 amide bonds. The van der Waals surface area contributed by atoms with Crippen molar-refractivity contribution in [2.75, 3.05) is 11.4 Å². The van der Waals surface area contributed by atoms with Crippen LogP contribution >= 0.6 is 12.2 Å². The number of hydrogen-bond donors (Lipinski definition) is 0. The zero-order valence-electron chi connectivity index (χ0n) is 14.5. The average Bonchev–Trinajstić information content (AvgIpc) is 3.08. The number of unbranched alkanes of at least 4 members (excludes halogenated alkanes) is 1. The van der Waals surface area contributed by atoms with Gasteiger partial charge in [-0.3, -0.25) is 0 Å². The Morgan fingerprint density at radius 3 is 2.68 bits per heavy atom. The van der Waals surface area contributed by atoms with Crippen molar-refractivity contribution < 1.29 is 4.74 Å². The summed E-state index contributed by atoms with van der Waals surface area (Å²) in [5, 5.41) is 1.83. The summed E-state index contributed by atoms with van der Waals surface area (Å²) in [7, 11) is 0. The van der Waals surface area contributed by atoms with E-state index in [4.69, 9.17) is 17.0 Å². The van der Waals surface area contributed by atoms with Crippen LogP contribution in [0.5, 0.6) is 5.75 Å². The molecule has 1 atom stereocenters. The summed E-state index contributed by atoms with van der Waals surface area (Å²) in [6, 6.07) is 18.4. The second kappa shape index (κ2) is 8.67. The Morgan fingerprint density at radius 1 is 1.08 bits per heavy atom. The van der Waals surface area contributed by atoms with Crippen molar-refractivity contribution in [3.8, 4) is 5.75 Å². The number of ether oxygens (including phenoxy) is 1. The summed E-state index contributed by atoms with van der Waals surface area (Å²) in [4.78, 5) is 4.48. The SMILES string of the molecule is CCCCN1C=CN(c2cccc(OCc3ccccc3)c2)C1C=S. The third-order valence-corrected chi connectivity index (χ3v) is 4.54. The van der Waals surface area contributed by atoms with Crippen LogP contribution in [0.1, 0.15) is 25.3 Å². The van der Waals surface area contributed by atoms with Gasteiger partial charge in [0.1, 0.15) is 18.5 Å². The third kappa shape index (κ3) is 4.40. The van der Waals surface area contributed by atoms with E-state index in [1.165, 1.54) is 6.42 Å². The molecule has 0 saturated carbocycles. The van der Waals surface area contributed by atoms with Crippen molar-refractivity contribution in [2.45, 2.75) is 32.5 Å². The molecular formula is C21H24N2OS. The normalized spacial score (nSPS) is 16.3. The number of benzene rings is 2. The van der Waals surface area contributed by atoms with Crippen molar-refractivity contribution in [1.82, 2.24) is 4.90 Å². The molecule has 0 radical (unpaired) electrons. The topological polar surface area (TPSA) is 15.7 Å². The third-order valence-electron chi connectivity index (χ3n) is 4.30. The Morgan fingerprint density at radius 2 is 1.92 bits per heavy atom. The number of nitrogens with zero attached hydrogens (tertiary/aromatic N) is 2. The number of thiocarbonyl (C=S) groups is 1. The van der Waals surface area contributed by atoms with E-state index in [1.54, 1.807) is 0 Å². The first kappa shape index (κ1) is 17.5. The molecule has 1 unspecified atom stereocenters. The quantitative estimate of drug-likeness (QED) is 0.622. The average molecular weight is 353 g/mol. The first-order valence-electron chi connectivity index (χ1n) is 8.76. The van der Waals surface area contributed by atoms with Crippen LogP contribution in [0.2, 0.25) is 0 Å². The molecule has 3 nitrogen and oxygen atoms in total. The Hall–Kier alpha value is -2.33. The zero-order chi connectivity index (χ0) is 17.5. The van der Waals surface area contributed by atoms with Gasteiger partial charge in [-0.25, -0.2) is 0 Å². The highest BCUT2D eigenvalue weighted by Crippen LogP contribution is 2.28. The maximum atomic E-state index is 5.95. The van der Waals surface area contributed by atoms with Crippen molar-refractivity contribution in [3.05, 3.63) is 72.6 Å². The van der Waals surface area contributed by atoms with Crippen LogP contribution < -0.4 is 9.64 Å². The maximum Gasteiger partial charge on any atom is 0.135 e. The van der Waals surface area contributed by atoms with Crippen molar-refractivity contribution in [2.24, 2.45) is 0 Å². The molecule has 1 aliphatic rings. The highest BCUT2D eigenvalue weighted by atomic mass is 32.1. The summed E-state index contributed by atoms with van der Waals surface area (Å²) in [5.41, 5.74) is 2.25. The predicted molar refractivity (Wildman–Crippen MR) is 108 cm³/mol. The van der Waals surface area contributed by atoms with E-state index in [-0.39, 0.29) is 6.17 Å². The lowest BCUT2D eigenvalue weighted by molar-refractivity contribution is 0.306. The molecule has 0 fully saturated rings. The largest absolute Gasteiger partial charge is 0.489 e. The first-order valence-corrected chi connectivity index (χ1v) is 9.23. The zero-order valence-corrected chi connectivity index (χ0v) is 15.4. The summed E-state index contributed by atoms with van der Waals surface area (Å²) < 4.78 is 5.95. The smallest absolute Gasteiger partial charge is 0.135 e. The van der Waals surface area contributed by atoms with Crippen molar-refractivity contribution in [1.29, 1.82) is 0 Å². The van der Waals surface area contributed by atoms with Crippen LogP contribution in [0.15, 0.2) is 67.0 Å². The first-order chi connectivity index (χ1) is 12.3. The van der Waals surface area contributed by atoms with Gasteiger partial charge in [-0.2, -0.15) is 0 Å². The lowest BCUT2D eigenvalue weighted by Gasteiger charge is -2.29. The standard InChI is InChI=1S/C21H24N2OS/c1-2-3-12-22-13-14-23(21(22)17-25)19-10-7-11-20(15-19)24-16-18-8-5-4-6-9-18/h4-11,13-15,17,21H,2-3,12,16H2,1H3. The minimum atomic E-state index is 0.0888. The van der Waals surface area contributed by atoms with Gasteiger partial charge in [0.05, 0.1) is 0 Å². The molecule has 0 spiro atoms. The molecule has 0 bridgehead atoms. The second-order valence-electron chi connectivity index (χ2n) is 6.12. The molecule has 0 N–H and O–H groups in total. The van der Waals surface area contributed by atoms with Gasteiger partial charge in [-0.05, 0) is 24.1 Å². The van der Waals surface area contributed by atoms with Crippen LogP contribution in [0, 0.1) is 0 Å². The summed E-state index contributed by atoms with van der Waals surface area (Å²) >= 11 is 5.28. The van der Waals surface area contributed by atoms with Gasteiger partial charge in [0.25, 0.3) is 0 Å². The fourth-order valence-corrected chi connectivity index (χ4v) is 3.19. The van der Waals surface area contributed by atoms with Gasteiger partial charge in [0, 0.05) is 36.1 Å². The molecule has 0 aromatic heterocycles. The Labute approximate surface area is 155 Å². The van der Waals surface area contributed by atoms with Gasteiger partial charge in [-0.15, -0.1) is 0 Å². The second-order valence-corrected chi connectivity index (χ2v) is 6.39. The maximum absolute atomic E-state index is 5.95. The van der Waals surface area contributed by atoms with Crippen LogP contribution in [-0.2, 0) is 6.61 Å². The Bertz CT molecular complexity index is 717. The lowest BCUT2D eigenvalue weighted by Crippen LogP contribution is -2.39. The predicted octanol–water partition coefficient (Wildman–Crippen LogP) is 4.98. The van der Waals surface area contributed by atoms with Crippen LogP contribution in [0.4, 0.5) is 5.69 Å². The minimum absolute atomic E-state index is 0.0888. The molecule has 2 aromatic carbocycles. The van der Waals surface area contributed by atoms with E-state index < -0.39 is 0 Å². The Kier molecular flexibility index (Phi) is 6.07. The minimum Gasteiger partial charge on any atom is -0.489 e. The monoisotopic (exact) mass is 352 g/mol. The van der Waals surface area contributed by atoms with E-state index in [0.29, 0.717) is 6.61 Å². The summed E-state index contributed by atoms with van der Waals surface area (Å²) in [5.74, 6) is 0.866. The van der Waals surface area contributed by atoms with E-state index in [9.17, 15) is 0 Å². The fraction of sp³-hybridized carbons (Fsp3) is 0.286. The van der Waals surface area contributed by atoms with Gasteiger partial charge >= 0.3 is 0 Å². The molecule has 3 rings (SSSR count). The van der Waals surface area contributed by atoms with Gasteiger partial charge in [0.15, 0.2) is 0 Å². The molecule has 0 aliphatic carbocycles. The van der Waals surface area contributed by atoms with Crippen LogP contribution in [-0.4, -0.2) is 23.0 Å². The number of rotatable bonds is 8. The molecule has 25 heavy (non-hydrogen) atoms. The van der Waals surface area contributed by atoms with Crippen molar-refractivity contribution in [3.63, 3.8) is 0 Å². The number of anilines is 1. The van der Waals surface area contributed by atoms with Crippen LogP contribution in [0.3, 0.4) is 0 Å². The molecule has 1 aliphatic heterocycles. The highest BCUT2D eigenvalue weighted by molar-refractivity contribution is 7.79. The molecule has 4 heteroatoms. The molecule has 0 saturated heterocycles. The van der Waals surface area contributed by atoms with E-state index in [0.717, 1.165) is 30.0 Å². The van der Waals surface area contributed by atoms with Crippen LogP contribution in [0.25, 0.3) is 0 Å². The lowest BCUT2D eigenvalue weighted by atomic mass is 10.2. The molecule has 2 aromatic rings. The van der Waals surface area contributed by atoms with Crippen molar-refractivity contribution >= 4 is 23.3 Å².